The fourth-order valence-corrected chi connectivity index (χ4v) is 4.82. The number of piperidine rings is 1. The van der Waals surface area contributed by atoms with Crippen molar-refractivity contribution in [1.29, 1.82) is 5.41 Å². The van der Waals surface area contributed by atoms with Crippen LogP contribution in [0.5, 0.6) is 0 Å². The zero-order valence-corrected chi connectivity index (χ0v) is 21.9. The number of amides is 2. The number of benzene rings is 2. The van der Waals surface area contributed by atoms with Gasteiger partial charge in [-0.25, -0.2) is 9.99 Å². The summed E-state index contributed by atoms with van der Waals surface area (Å²) in [5, 5.41) is 12.5. The maximum Gasteiger partial charge on any atom is 0.270 e. The van der Waals surface area contributed by atoms with E-state index < -0.39 is 0 Å². The van der Waals surface area contributed by atoms with Crippen LogP contribution >= 0.6 is 0 Å². The Morgan fingerprint density at radius 1 is 1.00 bits per heavy atom. The predicted octanol–water partition coefficient (Wildman–Crippen LogP) is 2.58. The molecule has 1 saturated heterocycles. The number of imidazole rings is 1. The van der Waals surface area contributed by atoms with E-state index >= 15 is 0 Å². The second kappa shape index (κ2) is 11.4. The van der Waals surface area contributed by atoms with Gasteiger partial charge in [0.15, 0.2) is 0 Å². The smallest absolute Gasteiger partial charge is 0.270 e. The van der Waals surface area contributed by atoms with Crippen LogP contribution in [0.2, 0.25) is 0 Å². The highest BCUT2D eigenvalue weighted by Gasteiger charge is 2.23. The van der Waals surface area contributed by atoms with E-state index in [-0.39, 0.29) is 23.7 Å². The maximum atomic E-state index is 13.0. The van der Waals surface area contributed by atoms with Crippen molar-refractivity contribution >= 4 is 28.7 Å². The molecule has 3 heterocycles. The van der Waals surface area contributed by atoms with Crippen molar-refractivity contribution in [3.05, 3.63) is 95.1 Å². The first kappa shape index (κ1) is 26.1. The molecule has 0 spiro atoms. The van der Waals surface area contributed by atoms with Crippen molar-refractivity contribution in [2.24, 2.45) is 12.8 Å². The van der Waals surface area contributed by atoms with Crippen molar-refractivity contribution in [3.8, 4) is 0 Å². The number of nitrogens with zero attached hydrogens (tertiary/aromatic N) is 4. The summed E-state index contributed by atoms with van der Waals surface area (Å²) in [6.07, 6.45) is 4.63. The van der Waals surface area contributed by atoms with Crippen LogP contribution in [0, 0.1) is 5.41 Å². The number of hydrazine groups is 1. The van der Waals surface area contributed by atoms with Crippen molar-refractivity contribution in [3.63, 3.8) is 0 Å². The van der Waals surface area contributed by atoms with E-state index in [9.17, 15) is 9.59 Å². The average Bonchev–Trinajstić information content (AvgIpc) is 3.28. The van der Waals surface area contributed by atoms with Gasteiger partial charge in [-0.05, 0) is 55.2 Å². The van der Waals surface area contributed by atoms with Gasteiger partial charge in [0.05, 0.1) is 11.0 Å². The van der Waals surface area contributed by atoms with Crippen LogP contribution in [-0.4, -0.2) is 56.3 Å². The van der Waals surface area contributed by atoms with Gasteiger partial charge in [0.25, 0.3) is 11.8 Å². The molecule has 0 bridgehead atoms. The molecule has 5 N–H and O–H groups in total. The number of nitrogens with two attached hydrogens (primary N) is 1. The molecule has 39 heavy (non-hydrogen) atoms. The number of nitrogens with one attached hydrogen (secondary N) is 3. The van der Waals surface area contributed by atoms with E-state index in [0.717, 1.165) is 48.1 Å². The molecule has 1 aliphatic heterocycles. The number of nitrogen functional groups attached to an aromatic ring is 1. The number of carbonyl (C=O) groups excluding carboxylic acids is 2. The number of aromatic nitrogens is 3. The van der Waals surface area contributed by atoms with Crippen LogP contribution in [-0.2, 0) is 19.9 Å². The van der Waals surface area contributed by atoms with E-state index in [2.05, 4.69) is 20.3 Å². The number of carbonyl (C=O) groups is 2. The molecule has 0 radical (unpaired) electrons. The summed E-state index contributed by atoms with van der Waals surface area (Å²) in [5.41, 5.74) is 13.1. The number of rotatable bonds is 8. The Hall–Kier alpha value is -4.57. The molecule has 2 amide bonds. The maximum absolute atomic E-state index is 13.0. The summed E-state index contributed by atoms with van der Waals surface area (Å²) in [7, 11) is 1.99. The fourth-order valence-electron chi connectivity index (χ4n) is 4.82. The lowest BCUT2D eigenvalue weighted by molar-refractivity contribution is 0.0701. The summed E-state index contributed by atoms with van der Waals surface area (Å²) in [6, 6.07) is 18.6. The highest BCUT2D eigenvalue weighted by atomic mass is 16.2. The minimum atomic E-state index is -0.175. The summed E-state index contributed by atoms with van der Waals surface area (Å²) < 4.78 is 2.06. The molecule has 0 aliphatic carbocycles. The van der Waals surface area contributed by atoms with Gasteiger partial charge >= 0.3 is 0 Å². The van der Waals surface area contributed by atoms with Crippen molar-refractivity contribution in [1.82, 2.24) is 30.3 Å². The Balaban J connectivity index is 1.15. The van der Waals surface area contributed by atoms with E-state index in [1.165, 1.54) is 0 Å². The fraction of sp³-hybridized carbons (Fsp3) is 0.276. The Morgan fingerprint density at radius 2 is 1.74 bits per heavy atom. The number of hydrogen-bond acceptors (Lipinski definition) is 6. The SMILES string of the molecule is Cn1c(CCc2ccc(C(=N)N)cc2)nc2cc(C(=O)NN3CCC(NC(=O)c4ccccn4)CC3)ccc21. The summed E-state index contributed by atoms with van der Waals surface area (Å²) in [6.45, 7) is 1.28. The number of pyridine rings is 1. The molecule has 0 unspecified atom stereocenters. The molecule has 1 aliphatic rings. The molecular formula is C29H32N8O2. The first-order chi connectivity index (χ1) is 18.9. The topological polar surface area (TPSA) is 142 Å². The van der Waals surface area contributed by atoms with Crippen molar-refractivity contribution in [2.75, 3.05) is 13.1 Å². The molecule has 2 aromatic heterocycles. The number of hydrogen-bond donors (Lipinski definition) is 4. The Kier molecular flexibility index (Phi) is 7.64. The standard InChI is InChI=1S/C29H32N8O2/c1-36-25-11-10-21(18-24(25)34-26(36)12-7-19-5-8-20(9-6-19)27(30)31)28(38)35-37-16-13-22(14-17-37)33-29(39)23-4-2-3-15-32-23/h2-6,8-11,15,18,22H,7,12-14,16-17H2,1H3,(H3,30,31)(H,33,39)(H,35,38). The third kappa shape index (κ3) is 6.12. The monoisotopic (exact) mass is 524 g/mol. The van der Waals surface area contributed by atoms with Gasteiger partial charge in [0, 0.05) is 49.9 Å². The van der Waals surface area contributed by atoms with Crippen molar-refractivity contribution in [2.45, 2.75) is 31.7 Å². The largest absolute Gasteiger partial charge is 0.384 e. The van der Waals surface area contributed by atoms with Crippen LogP contribution in [0.4, 0.5) is 0 Å². The van der Waals surface area contributed by atoms with Crippen LogP contribution in [0.3, 0.4) is 0 Å². The number of fused-ring (bicyclic) bond motifs is 1. The highest BCUT2D eigenvalue weighted by molar-refractivity contribution is 5.97. The first-order valence-corrected chi connectivity index (χ1v) is 13.0. The second-order valence-electron chi connectivity index (χ2n) is 9.79. The molecule has 0 atom stereocenters. The average molecular weight is 525 g/mol. The van der Waals surface area contributed by atoms with Crippen molar-refractivity contribution < 1.29 is 9.59 Å². The predicted molar refractivity (Wildman–Crippen MR) is 149 cm³/mol. The summed E-state index contributed by atoms with van der Waals surface area (Å²) >= 11 is 0. The zero-order chi connectivity index (χ0) is 27.4. The summed E-state index contributed by atoms with van der Waals surface area (Å²) in [4.78, 5) is 34.2. The van der Waals surface area contributed by atoms with Gasteiger partial charge < -0.3 is 15.6 Å². The first-order valence-electron chi connectivity index (χ1n) is 13.0. The molecule has 1 fully saturated rings. The van der Waals surface area contributed by atoms with Gasteiger partial charge in [-0.2, -0.15) is 0 Å². The molecular weight excluding hydrogens is 492 g/mol. The van der Waals surface area contributed by atoms with Crippen LogP contribution < -0.4 is 16.5 Å². The van der Waals surface area contributed by atoms with Gasteiger partial charge in [0.1, 0.15) is 17.4 Å². The molecule has 10 heteroatoms. The lowest BCUT2D eigenvalue weighted by atomic mass is 10.1. The molecule has 4 aromatic rings. The lowest BCUT2D eigenvalue weighted by Crippen LogP contribution is -2.51. The third-order valence-corrected chi connectivity index (χ3v) is 7.13. The van der Waals surface area contributed by atoms with Gasteiger partial charge in [-0.15, -0.1) is 0 Å². The zero-order valence-electron chi connectivity index (χ0n) is 21.9. The summed E-state index contributed by atoms with van der Waals surface area (Å²) in [5.74, 6) is 0.650. The van der Waals surface area contributed by atoms with E-state index in [0.29, 0.717) is 29.9 Å². The molecule has 0 saturated carbocycles. The normalized spacial score (nSPS) is 14.3. The Morgan fingerprint density at radius 3 is 2.44 bits per heavy atom. The molecule has 2 aromatic carbocycles. The van der Waals surface area contributed by atoms with Gasteiger partial charge in [-0.3, -0.25) is 25.4 Å². The Bertz CT molecular complexity index is 1490. The third-order valence-electron chi connectivity index (χ3n) is 7.13. The van der Waals surface area contributed by atoms with Gasteiger partial charge in [-0.1, -0.05) is 30.3 Å². The highest BCUT2D eigenvalue weighted by Crippen LogP contribution is 2.19. The van der Waals surface area contributed by atoms with Crippen LogP contribution in [0.1, 0.15) is 50.6 Å². The van der Waals surface area contributed by atoms with Gasteiger partial charge in [0.2, 0.25) is 0 Å². The van der Waals surface area contributed by atoms with E-state index in [4.69, 9.17) is 16.1 Å². The lowest BCUT2D eigenvalue weighted by Gasteiger charge is -2.32. The minimum Gasteiger partial charge on any atom is -0.384 e. The molecule has 5 rings (SSSR count). The Labute approximate surface area is 226 Å². The van der Waals surface area contributed by atoms with Crippen LogP contribution in [0.15, 0.2) is 66.9 Å². The number of aryl methyl sites for hydroxylation is 3. The number of amidine groups is 1. The van der Waals surface area contributed by atoms with E-state index in [1.807, 2.05) is 54.5 Å². The molecule has 10 nitrogen and oxygen atoms in total. The second-order valence-corrected chi connectivity index (χ2v) is 9.79. The van der Waals surface area contributed by atoms with Crippen LogP contribution in [0.25, 0.3) is 11.0 Å². The molecule has 200 valence electrons. The minimum absolute atomic E-state index is 0.0445. The quantitative estimate of drug-likeness (QED) is 0.206. The van der Waals surface area contributed by atoms with E-state index in [1.54, 1.807) is 24.4 Å².